The monoisotopic (exact) mass is 407 g/mol. The number of hydrogen-bond acceptors (Lipinski definition) is 4. The van der Waals surface area contributed by atoms with Crippen LogP contribution in [0.4, 0.5) is 14.5 Å². The maximum absolute atomic E-state index is 14.7. The predicted octanol–water partition coefficient (Wildman–Crippen LogP) is 4.11. The van der Waals surface area contributed by atoms with E-state index >= 15 is 0 Å². The number of anilines is 1. The predicted molar refractivity (Wildman–Crippen MR) is 109 cm³/mol. The second kappa shape index (κ2) is 7.62. The summed E-state index contributed by atoms with van der Waals surface area (Å²) in [4.78, 5) is 23.7. The highest BCUT2D eigenvalue weighted by molar-refractivity contribution is 6.13. The van der Waals surface area contributed by atoms with Gasteiger partial charge in [0.2, 0.25) is 0 Å². The summed E-state index contributed by atoms with van der Waals surface area (Å²) in [6, 6.07) is 10.1. The van der Waals surface area contributed by atoms with Crippen molar-refractivity contribution in [2.45, 2.75) is 20.4 Å². The molecule has 0 unspecified atom stereocenters. The Hall–Kier alpha value is -3.68. The van der Waals surface area contributed by atoms with Crippen molar-refractivity contribution in [3.05, 3.63) is 82.9 Å². The molecule has 0 spiro atoms. The third kappa shape index (κ3) is 3.52. The summed E-state index contributed by atoms with van der Waals surface area (Å²) in [6.07, 6.45) is 1.60. The lowest BCUT2D eigenvalue weighted by Crippen LogP contribution is -2.32. The third-order valence-electron chi connectivity index (χ3n) is 4.82. The van der Waals surface area contributed by atoms with Crippen LogP contribution in [0, 0.1) is 25.5 Å². The maximum Gasteiger partial charge on any atom is 0.259 e. The summed E-state index contributed by atoms with van der Waals surface area (Å²) in [5.74, 6) is -1.99. The second-order valence-corrected chi connectivity index (χ2v) is 7.03. The molecule has 0 bridgehead atoms. The molecule has 0 N–H and O–H groups in total. The summed E-state index contributed by atoms with van der Waals surface area (Å²) in [7, 11) is 1.75. The molecule has 0 atom stereocenters. The minimum Gasteiger partial charge on any atom is -0.299 e. The number of pyridine rings is 2. The van der Waals surface area contributed by atoms with Crippen LogP contribution in [0.3, 0.4) is 0 Å². The third-order valence-corrected chi connectivity index (χ3v) is 4.82. The largest absolute Gasteiger partial charge is 0.299 e. The van der Waals surface area contributed by atoms with Gasteiger partial charge in [-0.05, 0) is 44.2 Å². The molecule has 0 radical (unpaired) electrons. The van der Waals surface area contributed by atoms with Gasteiger partial charge in [0.1, 0.15) is 11.6 Å². The zero-order chi connectivity index (χ0) is 21.4. The molecule has 30 heavy (non-hydrogen) atoms. The topological polar surface area (TPSA) is 63.9 Å². The molecule has 1 amide bonds. The quantitative estimate of drug-likeness (QED) is 0.511. The highest BCUT2D eigenvalue weighted by Gasteiger charge is 2.26. The highest BCUT2D eigenvalue weighted by Crippen LogP contribution is 2.28. The molecule has 1 aromatic carbocycles. The molecule has 4 aromatic rings. The Kier molecular flexibility index (Phi) is 4.99. The first-order valence-corrected chi connectivity index (χ1v) is 9.33. The van der Waals surface area contributed by atoms with E-state index in [0.717, 1.165) is 12.1 Å². The molecule has 0 aliphatic carbocycles. The Labute approximate surface area is 171 Å². The van der Waals surface area contributed by atoms with Crippen LogP contribution < -0.4 is 4.90 Å². The van der Waals surface area contributed by atoms with Crippen LogP contribution in [-0.2, 0) is 13.6 Å². The summed E-state index contributed by atoms with van der Waals surface area (Å²) in [5, 5.41) is 4.97. The average Bonchev–Trinajstić information content (AvgIpc) is 3.00. The molecule has 0 aliphatic rings. The fourth-order valence-corrected chi connectivity index (χ4v) is 3.50. The fraction of sp³-hybridized carbons (Fsp3) is 0.182. The molecule has 3 aromatic heterocycles. The molecule has 3 heterocycles. The van der Waals surface area contributed by atoms with E-state index in [1.54, 1.807) is 56.0 Å². The van der Waals surface area contributed by atoms with Gasteiger partial charge in [-0.15, -0.1) is 0 Å². The number of aryl methyl sites for hydroxylation is 3. The van der Waals surface area contributed by atoms with Crippen molar-refractivity contribution in [2.75, 3.05) is 4.90 Å². The molecule has 6 nitrogen and oxygen atoms in total. The van der Waals surface area contributed by atoms with Crippen LogP contribution in [0.2, 0.25) is 0 Å². The zero-order valence-electron chi connectivity index (χ0n) is 16.7. The number of fused-ring (bicyclic) bond motifs is 1. The fourth-order valence-electron chi connectivity index (χ4n) is 3.50. The van der Waals surface area contributed by atoms with Gasteiger partial charge in [0.05, 0.1) is 34.6 Å². The number of hydrogen-bond donors (Lipinski definition) is 0. The van der Waals surface area contributed by atoms with E-state index in [1.807, 2.05) is 0 Å². The molecule has 4 rings (SSSR count). The van der Waals surface area contributed by atoms with Crippen molar-refractivity contribution in [1.29, 1.82) is 0 Å². The first-order chi connectivity index (χ1) is 14.3. The standard InChI is InChI=1S/C22H19F2N5O/c1-13-10-17(20-14(2)27-28(3)21(20)26-13)22(30)29(12-16-6-4-5-9-25-16)19-8-7-15(23)11-18(19)24/h4-11H,12H2,1-3H3. The van der Waals surface area contributed by atoms with Crippen molar-refractivity contribution in [3.63, 3.8) is 0 Å². The molecule has 0 fully saturated rings. The number of halogens is 2. The maximum atomic E-state index is 14.7. The number of carbonyl (C=O) groups excluding carboxylic acids is 1. The number of benzene rings is 1. The van der Waals surface area contributed by atoms with Gasteiger partial charge in [-0.25, -0.2) is 13.8 Å². The van der Waals surface area contributed by atoms with E-state index < -0.39 is 17.5 Å². The number of carbonyl (C=O) groups is 1. The minimum absolute atomic E-state index is 0.0183. The van der Waals surface area contributed by atoms with Crippen molar-refractivity contribution in [2.24, 2.45) is 7.05 Å². The number of aromatic nitrogens is 4. The first-order valence-electron chi connectivity index (χ1n) is 9.33. The van der Waals surface area contributed by atoms with E-state index in [4.69, 9.17) is 0 Å². The summed E-state index contributed by atoms with van der Waals surface area (Å²) in [5.41, 5.74) is 2.72. The van der Waals surface area contributed by atoms with Crippen LogP contribution in [-0.4, -0.2) is 25.7 Å². The summed E-state index contributed by atoms with van der Waals surface area (Å²) >= 11 is 0. The van der Waals surface area contributed by atoms with E-state index in [0.29, 0.717) is 33.7 Å². The van der Waals surface area contributed by atoms with E-state index in [-0.39, 0.29) is 12.2 Å². The Morgan fingerprint density at radius 2 is 1.93 bits per heavy atom. The first kappa shape index (κ1) is 19.6. The lowest BCUT2D eigenvalue weighted by molar-refractivity contribution is 0.0985. The van der Waals surface area contributed by atoms with Gasteiger partial charge in [0, 0.05) is 25.0 Å². The van der Waals surface area contributed by atoms with Gasteiger partial charge in [-0.1, -0.05) is 6.07 Å². The molecule has 0 saturated carbocycles. The van der Waals surface area contributed by atoms with Gasteiger partial charge in [-0.2, -0.15) is 5.10 Å². The van der Waals surface area contributed by atoms with E-state index in [2.05, 4.69) is 15.1 Å². The normalized spacial score (nSPS) is 11.1. The van der Waals surface area contributed by atoms with Crippen molar-refractivity contribution >= 4 is 22.6 Å². The Bertz CT molecular complexity index is 1250. The van der Waals surface area contributed by atoms with Crippen LogP contribution in [0.1, 0.15) is 27.4 Å². The lowest BCUT2D eigenvalue weighted by atomic mass is 10.1. The van der Waals surface area contributed by atoms with Crippen molar-refractivity contribution in [1.82, 2.24) is 19.7 Å². The van der Waals surface area contributed by atoms with Gasteiger partial charge >= 0.3 is 0 Å². The van der Waals surface area contributed by atoms with Gasteiger partial charge in [-0.3, -0.25) is 19.4 Å². The minimum atomic E-state index is -0.829. The van der Waals surface area contributed by atoms with Crippen molar-refractivity contribution < 1.29 is 13.6 Å². The lowest BCUT2D eigenvalue weighted by Gasteiger charge is -2.24. The molecular formula is C22H19F2N5O. The van der Waals surface area contributed by atoms with Gasteiger partial charge in [0.25, 0.3) is 5.91 Å². The molecular weight excluding hydrogens is 388 g/mol. The molecule has 8 heteroatoms. The van der Waals surface area contributed by atoms with E-state index in [1.165, 1.54) is 11.0 Å². The highest BCUT2D eigenvalue weighted by atomic mass is 19.1. The van der Waals surface area contributed by atoms with Gasteiger partial charge in [0.15, 0.2) is 5.65 Å². The molecule has 0 saturated heterocycles. The van der Waals surface area contributed by atoms with Crippen LogP contribution in [0.25, 0.3) is 11.0 Å². The van der Waals surface area contributed by atoms with E-state index in [9.17, 15) is 13.6 Å². The average molecular weight is 407 g/mol. The second-order valence-electron chi connectivity index (χ2n) is 7.03. The molecule has 152 valence electrons. The van der Waals surface area contributed by atoms with Crippen LogP contribution >= 0.6 is 0 Å². The number of rotatable bonds is 4. The molecule has 0 aliphatic heterocycles. The Balaban J connectivity index is 1.89. The van der Waals surface area contributed by atoms with Crippen molar-refractivity contribution in [3.8, 4) is 0 Å². The Morgan fingerprint density at radius 1 is 1.13 bits per heavy atom. The smallest absolute Gasteiger partial charge is 0.259 e. The SMILES string of the molecule is Cc1cc(C(=O)N(Cc2ccccn2)c2ccc(F)cc2F)c2c(C)nn(C)c2n1. The Morgan fingerprint density at radius 3 is 2.63 bits per heavy atom. The number of amides is 1. The van der Waals surface area contributed by atoms with Crippen LogP contribution in [0.15, 0.2) is 48.7 Å². The number of nitrogens with zero attached hydrogens (tertiary/aromatic N) is 5. The van der Waals surface area contributed by atoms with Crippen LogP contribution in [0.5, 0.6) is 0 Å². The van der Waals surface area contributed by atoms with Gasteiger partial charge < -0.3 is 0 Å². The summed E-state index contributed by atoms with van der Waals surface area (Å²) < 4.78 is 29.8. The summed E-state index contributed by atoms with van der Waals surface area (Å²) in [6.45, 7) is 3.59. The zero-order valence-corrected chi connectivity index (χ0v) is 16.7.